The van der Waals surface area contributed by atoms with Gasteiger partial charge >= 0.3 is 0 Å². The molecule has 4 aliphatic rings. The maximum absolute atomic E-state index is 5.83. The van der Waals surface area contributed by atoms with Gasteiger partial charge in [0.25, 0.3) is 0 Å². The fourth-order valence-corrected chi connectivity index (χ4v) is 5.20. The van der Waals surface area contributed by atoms with Crippen molar-refractivity contribution in [2.45, 2.75) is 51.5 Å². The highest BCUT2D eigenvalue weighted by molar-refractivity contribution is 5.03. The van der Waals surface area contributed by atoms with Crippen LogP contribution < -0.4 is 5.73 Å². The maximum atomic E-state index is 5.83. The van der Waals surface area contributed by atoms with Gasteiger partial charge in [-0.2, -0.15) is 5.10 Å². The molecular weight excluding hydrogens is 236 g/mol. The number of hydrogen-bond donors (Lipinski definition) is 2. The summed E-state index contributed by atoms with van der Waals surface area (Å²) in [5.74, 6) is 6.69. The lowest BCUT2D eigenvalue weighted by atomic mass is 9.51. The second kappa shape index (κ2) is 4.30. The molecular formula is C15H24N4. The first kappa shape index (κ1) is 11.9. The highest BCUT2D eigenvalue weighted by Gasteiger charge is 2.48. The number of nitrogens with two attached hydrogens (primary N) is 1. The van der Waals surface area contributed by atoms with Crippen molar-refractivity contribution >= 4 is 0 Å². The van der Waals surface area contributed by atoms with Crippen molar-refractivity contribution in [2.75, 3.05) is 0 Å². The van der Waals surface area contributed by atoms with Crippen LogP contribution in [0.15, 0.2) is 0 Å². The summed E-state index contributed by atoms with van der Waals surface area (Å²) in [4.78, 5) is 4.57. The molecule has 19 heavy (non-hydrogen) atoms. The molecule has 1 unspecified atom stereocenters. The summed E-state index contributed by atoms with van der Waals surface area (Å²) < 4.78 is 0. The lowest BCUT2D eigenvalue weighted by molar-refractivity contribution is -0.0367. The second-order valence-corrected chi connectivity index (χ2v) is 7.23. The van der Waals surface area contributed by atoms with Crippen molar-refractivity contribution in [3.8, 4) is 0 Å². The largest absolute Gasteiger partial charge is 0.321 e. The van der Waals surface area contributed by atoms with Crippen molar-refractivity contribution in [3.05, 3.63) is 11.6 Å². The maximum Gasteiger partial charge on any atom is 0.167 e. The number of aromatic amines is 1. The molecule has 104 valence electrons. The van der Waals surface area contributed by atoms with Gasteiger partial charge < -0.3 is 5.73 Å². The molecule has 4 nitrogen and oxygen atoms in total. The van der Waals surface area contributed by atoms with E-state index in [-0.39, 0.29) is 6.04 Å². The topological polar surface area (TPSA) is 67.6 Å². The van der Waals surface area contributed by atoms with E-state index in [4.69, 9.17) is 5.73 Å². The molecule has 0 radical (unpaired) electrons. The Morgan fingerprint density at radius 1 is 1.16 bits per heavy atom. The molecule has 0 aliphatic heterocycles. The monoisotopic (exact) mass is 260 g/mol. The van der Waals surface area contributed by atoms with Gasteiger partial charge in [0, 0.05) is 6.42 Å². The fraction of sp³-hybridized carbons (Fsp3) is 0.867. The molecule has 4 heteroatoms. The molecule has 1 aromatic rings. The lowest BCUT2D eigenvalue weighted by Crippen LogP contribution is -2.45. The van der Waals surface area contributed by atoms with Crippen molar-refractivity contribution < 1.29 is 0 Å². The summed E-state index contributed by atoms with van der Waals surface area (Å²) in [5.41, 5.74) is 5.83. The first-order valence-corrected chi connectivity index (χ1v) is 7.85. The van der Waals surface area contributed by atoms with Gasteiger partial charge in [-0.05, 0) is 68.6 Å². The number of aromatic nitrogens is 3. The van der Waals surface area contributed by atoms with Crippen LogP contribution in [0.2, 0.25) is 0 Å². The van der Waals surface area contributed by atoms with E-state index in [9.17, 15) is 0 Å². The van der Waals surface area contributed by atoms with Gasteiger partial charge in [-0.25, -0.2) is 4.98 Å². The van der Waals surface area contributed by atoms with Gasteiger partial charge in [0.15, 0.2) is 5.82 Å². The summed E-state index contributed by atoms with van der Waals surface area (Å²) in [7, 11) is 0. The molecule has 5 rings (SSSR count). The number of nitrogens with one attached hydrogen (secondary N) is 1. The predicted molar refractivity (Wildman–Crippen MR) is 73.2 cm³/mol. The summed E-state index contributed by atoms with van der Waals surface area (Å²) in [6.45, 7) is 1.94. The first-order valence-electron chi connectivity index (χ1n) is 7.85. The van der Waals surface area contributed by atoms with Crippen LogP contribution in [-0.4, -0.2) is 15.2 Å². The SMILES string of the molecule is CC(N)c1n[nH]c(CC2C3CC4CC(C3)CC2C4)n1. The van der Waals surface area contributed by atoms with E-state index in [2.05, 4.69) is 15.2 Å². The standard InChI is InChI=1S/C15H24N4/c1-8(16)15-17-14(18-19-15)7-13-11-3-9-2-10(5-11)6-12(13)4-9/h8-13H,2-7,16H2,1H3,(H,17,18,19). The van der Waals surface area contributed by atoms with E-state index in [1.165, 1.54) is 32.1 Å². The van der Waals surface area contributed by atoms with Gasteiger partial charge in [0.05, 0.1) is 6.04 Å². The molecule has 1 aromatic heterocycles. The van der Waals surface area contributed by atoms with Gasteiger partial charge in [0.2, 0.25) is 0 Å². The highest BCUT2D eigenvalue weighted by atomic mass is 15.2. The first-order chi connectivity index (χ1) is 9.19. The number of H-pyrrole nitrogens is 1. The van der Waals surface area contributed by atoms with E-state index in [1.54, 1.807) is 0 Å². The number of nitrogens with zero attached hydrogens (tertiary/aromatic N) is 2. The molecule has 0 saturated heterocycles. The molecule has 0 amide bonds. The molecule has 4 saturated carbocycles. The van der Waals surface area contributed by atoms with Crippen LogP contribution in [0.5, 0.6) is 0 Å². The average molecular weight is 260 g/mol. The van der Waals surface area contributed by atoms with Crippen LogP contribution in [-0.2, 0) is 6.42 Å². The van der Waals surface area contributed by atoms with Gasteiger partial charge in [-0.1, -0.05) is 0 Å². The molecule has 4 bridgehead atoms. The third-order valence-corrected chi connectivity index (χ3v) is 5.81. The quantitative estimate of drug-likeness (QED) is 0.877. The Morgan fingerprint density at radius 2 is 1.79 bits per heavy atom. The minimum atomic E-state index is -0.0662. The van der Waals surface area contributed by atoms with Gasteiger partial charge in [0.1, 0.15) is 5.82 Å². The van der Waals surface area contributed by atoms with Crippen LogP contribution in [0.1, 0.15) is 56.7 Å². The molecule has 1 atom stereocenters. The molecule has 0 spiro atoms. The Bertz CT molecular complexity index is 436. The molecule has 4 fully saturated rings. The summed E-state index contributed by atoms with van der Waals surface area (Å²) in [6, 6.07) is -0.0662. The van der Waals surface area contributed by atoms with Crippen LogP contribution >= 0.6 is 0 Å². The van der Waals surface area contributed by atoms with E-state index in [0.29, 0.717) is 0 Å². The van der Waals surface area contributed by atoms with Gasteiger partial charge in [-0.3, -0.25) is 5.10 Å². The average Bonchev–Trinajstić information content (AvgIpc) is 2.81. The van der Waals surface area contributed by atoms with Crippen molar-refractivity contribution in [2.24, 2.45) is 35.3 Å². The van der Waals surface area contributed by atoms with Crippen LogP contribution in [0.4, 0.5) is 0 Å². The zero-order valence-electron chi connectivity index (χ0n) is 11.7. The lowest BCUT2D eigenvalue weighted by Gasteiger charge is -2.54. The summed E-state index contributed by atoms with van der Waals surface area (Å²) >= 11 is 0. The Balaban J connectivity index is 1.50. The van der Waals surface area contributed by atoms with E-state index in [0.717, 1.165) is 47.7 Å². The Hall–Kier alpha value is -0.900. The zero-order valence-corrected chi connectivity index (χ0v) is 11.7. The third kappa shape index (κ3) is 2.00. The molecule has 3 N–H and O–H groups in total. The van der Waals surface area contributed by atoms with Crippen LogP contribution in [0.3, 0.4) is 0 Å². The van der Waals surface area contributed by atoms with Crippen molar-refractivity contribution in [3.63, 3.8) is 0 Å². The van der Waals surface area contributed by atoms with Crippen molar-refractivity contribution in [1.29, 1.82) is 0 Å². The smallest absolute Gasteiger partial charge is 0.167 e. The Morgan fingerprint density at radius 3 is 2.32 bits per heavy atom. The second-order valence-electron chi connectivity index (χ2n) is 7.23. The zero-order chi connectivity index (χ0) is 13.0. The van der Waals surface area contributed by atoms with E-state index in [1.807, 2.05) is 6.92 Å². The van der Waals surface area contributed by atoms with Gasteiger partial charge in [-0.15, -0.1) is 0 Å². The molecule has 0 aromatic carbocycles. The fourth-order valence-electron chi connectivity index (χ4n) is 5.20. The van der Waals surface area contributed by atoms with Crippen LogP contribution in [0, 0.1) is 29.6 Å². The minimum absolute atomic E-state index is 0.0662. The molecule has 4 aliphatic carbocycles. The number of hydrogen-bond acceptors (Lipinski definition) is 3. The summed E-state index contributed by atoms with van der Waals surface area (Å²) in [6.07, 6.45) is 8.53. The Kier molecular flexibility index (Phi) is 2.69. The van der Waals surface area contributed by atoms with E-state index < -0.39 is 0 Å². The number of rotatable bonds is 3. The summed E-state index contributed by atoms with van der Waals surface area (Å²) in [5, 5.41) is 7.34. The highest BCUT2D eigenvalue weighted by Crippen LogP contribution is 2.57. The minimum Gasteiger partial charge on any atom is -0.321 e. The Labute approximate surface area is 114 Å². The molecule has 1 heterocycles. The predicted octanol–water partition coefficient (Wildman–Crippen LogP) is 2.44. The third-order valence-electron chi connectivity index (χ3n) is 5.81. The van der Waals surface area contributed by atoms with E-state index >= 15 is 0 Å². The van der Waals surface area contributed by atoms with Crippen molar-refractivity contribution in [1.82, 2.24) is 15.2 Å². The van der Waals surface area contributed by atoms with Crippen LogP contribution in [0.25, 0.3) is 0 Å². The normalized spacial score (nSPS) is 41.7.